The van der Waals surface area contributed by atoms with Gasteiger partial charge in [-0.2, -0.15) is 0 Å². The Morgan fingerprint density at radius 1 is 1.58 bits per heavy atom. The standard InChI is InChI=1S/C9H20N2O/c1-2-3-8(10)9(12)6-11-7-4-5-7/h7-9,11-12H,2-6,10H2,1H3/p+1/t8-,9?/m0/s1. The Balaban J connectivity index is 2.03. The first-order valence-corrected chi connectivity index (χ1v) is 4.98. The van der Waals surface area contributed by atoms with Crippen molar-refractivity contribution in [2.24, 2.45) is 0 Å². The van der Waals surface area contributed by atoms with Crippen molar-refractivity contribution in [1.82, 2.24) is 5.32 Å². The van der Waals surface area contributed by atoms with Gasteiger partial charge in [0.15, 0.2) is 0 Å². The maximum absolute atomic E-state index is 9.60. The van der Waals surface area contributed by atoms with Crippen LogP contribution in [0.3, 0.4) is 0 Å². The molecule has 2 atom stereocenters. The molecule has 0 aliphatic heterocycles. The average Bonchev–Trinajstić information content (AvgIpc) is 2.83. The zero-order valence-electron chi connectivity index (χ0n) is 7.92. The Labute approximate surface area is 74.3 Å². The van der Waals surface area contributed by atoms with E-state index in [4.69, 9.17) is 0 Å². The molecule has 0 saturated heterocycles. The summed E-state index contributed by atoms with van der Waals surface area (Å²) in [4.78, 5) is 0. The topological polar surface area (TPSA) is 59.9 Å². The molecule has 0 heterocycles. The fourth-order valence-corrected chi connectivity index (χ4v) is 1.30. The van der Waals surface area contributed by atoms with Crippen molar-refractivity contribution in [3.63, 3.8) is 0 Å². The van der Waals surface area contributed by atoms with Crippen LogP contribution >= 0.6 is 0 Å². The summed E-state index contributed by atoms with van der Waals surface area (Å²) >= 11 is 0. The minimum absolute atomic E-state index is 0.196. The van der Waals surface area contributed by atoms with Crippen molar-refractivity contribution >= 4 is 0 Å². The van der Waals surface area contributed by atoms with Crippen LogP contribution in [-0.2, 0) is 0 Å². The first kappa shape index (κ1) is 9.96. The van der Waals surface area contributed by atoms with E-state index >= 15 is 0 Å². The van der Waals surface area contributed by atoms with Gasteiger partial charge in [0.1, 0.15) is 12.1 Å². The van der Waals surface area contributed by atoms with E-state index in [1.165, 1.54) is 12.8 Å². The summed E-state index contributed by atoms with van der Waals surface area (Å²) in [7, 11) is 0. The van der Waals surface area contributed by atoms with Gasteiger partial charge in [-0.05, 0) is 12.8 Å². The zero-order valence-corrected chi connectivity index (χ0v) is 7.92. The quantitative estimate of drug-likeness (QED) is 0.507. The van der Waals surface area contributed by atoms with Gasteiger partial charge in [0.05, 0.1) is 0 Å². The van der Waals surface area contributed by atoms with Crippen molar-refractivity contribution in [1.29, 1.82) is 0 Å². The van der Waals surface area contributed by atoms with Crippen LogP contribution < -0.4 is 11.1 Å². The lowest BCUT2D eigenvalue weighted by Gasteiger charge is -2.15. The summed E-state index contributed by atoms with van der Waals surface area (Å²) < 4.78 is 0. The van der Waals surface area contributed by atoms with Crippen LogP contribution in [0.4, 0.5) is 0 Å². The van der Waals surface area contributed by atoms with Gasteiger partial charge < -0.3 is 16.2 Å². The predicted molar refractivity (Wildman–Crippen MR) is 48.6 cm³/mol. The molecule has 1 saturated carbocycles. The van der Waals surface area contributed by atoms with E-state index in [1.807, 2.05) is 0 Å². The van der Waals surface area contributed by atoms with Gasteiger partial charge in [-0.15, -0.1) is 0 Å². The smallest absolute Gasteiger partial charge is 0.118 e. The lowest BCUT2D eigenvalue weighted by atomic mass is 10.1. The molecular weight excluding hydrogens is 152 g/mol. The SMILES string of the molecule is CCC[C@H]([NH3+])C(O)CNC1CC1. The Morgan fingerprint density at radius 3 is 2.75 bits per heavy atom. The fourth-order valence-electron chi connectivity index (χ4n) is 1.30. The number of hydrogen-bond acceptors (Lipinski definition) is 2. The summed E-state index contributed by atoms with van der Waals surface area (Å²) in [5.74, 6) is 0. The Hall–Kier alpha value is -0.120. The van der Waals surface area contributed by atoms with Crippen LogP contribution in [0.2, 0.25) is 0 Å². The molecular formula is C9H21N2O+. The largest absolute Gasteiger partial charge is 0.386 e. The molecule has 12 heavy (non-hydrogen) atoms. The number of aliphatic hydroxyl groups excluding tert-OH is 1. The number of nitrogens with one attached hydrogen (secondary N) is 1. The van der Waals surface area contributed by atoms with Crippen LogP contribution in [-0.4, -0.2) is 29.8 Å². The molecule has 1 aliphatic carbocycles. The molecule has 0 aromatic rings. The van der Waals surface area contributed by atoms with E-state index in [1.54, 1.807) is 0 Å². The average molecular weight is 173 g/mol. The zero-order chi connectivity index (χ0) is 8.97. The van der Waals surface area contributed by atoms with Crippen molar-refractivity contribution in [3.8, 4) is 0 Å². The maximum Gasteiger partial charge on any atom is 0.118 e. The molecule has 3 heteroatoms. The molecule has 0 spiro atoms. The second-order valence-corrected chi connectivity index (χ2v) is 3.80. The van der Waals surface area contributed by atoms with Crippen molar-refractivity contribution in [2.45, 2.75) is 50.8 Å². The molecule has 1 rings (SSSR count). The van der Waals surface area contributed by atoms with Gasteiger partial charge in [0, 0.05) is 19.0 Å². The maximum atomic E-state index is 9.60. The Bertz CT molecular complexity index is 126. The minimum atomic E-state index is -0.259. The molecule has 3 nitrogen and oxygen atoms in total. The highest BCUT2D eigenvalue weighted by atomic mass is 16.3. The fraction of sp³-hybridized carbons (Fsp3) is 1.00. The highest BCUT2D eigenvalue weighted by Gasteiger charge is 2.23. The Morgan fingerprint density at radius 2 is 2.25 bits per heavy atom. The van der Waals surface area contributed by atoms with E-state index < -0.39 is 0 Å². The van der Waals surface area contributed by atoms with E-state index in [9.17, 15) is 5.11 Å². The van der Waals surface area contributed by atoms with Crippen LogP contribution in [0.1, 0.15) is 32.6 Å². The molecule has 0 bridgehead atoms. The summed E-state index contributed by atoms with van der Waals surface area (Å²) in [6.45, 7) is 2.85. The lowest BCUT2D eigenvalue weighted by Crippen LogP contribution is -2.67. The lowest BCUT2D eigenvalue weighted by molar-refractivity contribution is -0.438. The van der Waals surface area contributed by atoms with E-state index in [2.05, 4.69) is 18.0 Å². The highest BCUT2D eigenvalue weighted by Crippen LogP contribution is 2.18. The van der Waals surface area contributed by atoms with Gasteiger partial charge in [0.25, 0.3) is 0 Å². The number of quaternary nitrogens is 1. The molecule has 0 radical (unpaired) electrons. The predicted octanol–water partition coefficient (Wildman–Crippen LogP) is -0.490. The van der Waals surface area contributed by atoms with E-state index in [0.717, 1.165) is 19.4 Å². The molecule has 5 N–H and O–H groups in total. The van der Waals surface area contributed by atoms with Crippen LogP contribution in [0.5, 0.6) is 0 Å². The summed E-state index contributed by atoms with van der Waals surface area (Å²) in [5, 5.41) is 12.9. The van der Waals surface area contributed by atoms with Crippen LogP contribution in [0.15, 0.2) is 0 Å². The third kappa shape index (κ3) is 3.52. The van der Waals surface area contributed by atoms with Crippen LogP contribution in [0.25, 0.3) is 0 Å². The van der Waals surface area contributed by atoms with Gasteiger partial charge in [-0.1, -0.05) is 13.3 Å². The van der Waals surface area contributed by atoms with E-state index in [-0.39, 0.29) is 12.1 Å². The third-order valence-electron chi connectivity index (χ3n) is 2.40. The molecule has 0 aromatic heterocycles. The van der Waals surface area contributed by atoms with Crippen molar-refractivity contribution in [3.05, 3.63) is 0 Å². The van der Waals surface area contributed by atoms with Gasteiger partial charge >= 0.3 is 0 Å². The molecule has 1 aliphatic rings. The third-order valence-corrected chi connectivity index (χ3v) is 2.40. The second-order valence-electron chi connectivity index (χ2n) is 3.80. The summed E-state index contributed by atoms with van der Waals surface area (Å²) in [6.07, 6.45) is 4.43. The number of rotatable bonds is 6. The van der Waals surface area contributed by atoms with Gasteiger partial charge in [0.2, 0.25) is 0 Å². The monoisotopic (exact) mass is 173 g/mol. The van der Waals surface area contributed by atoms with E-state index in [0.29, 0.717) is 6.04 Å². The van der Waals surface area contributed by atoms with Gasteiger partial charge in [-0.3, -0.25) is 0 Å². The second kappa shape index (κ2) is 4.80. The number of aliphatic hydroxyl groups is 1. The normalized spacial score (nSPS) is 22.2. The minimum Gasteiger partial charge on any atom is -0.386 e. The summed E-state index contributed by atoms with van der Waals surface area (Å²) in [5.41, 5.74) is 3.94. The molecule has 1 unspecified atom stereocenters. The first-order valence-electron chi connectivity index (χ1n) is 4.98. The van der Waals surface area contributed by atoms with Crippen molar-refractivity contribution < 1.29 is 10.8 Å². The first-order chi connectivity index (χ1) is 5.74. The van der Waals surface area contributed by atoms with Crippen molar-refractivity contribution in [2.75, 3.05) is 6.54 Å². The molecule has 72 valence electrons. The molecule has 0 amide bonds. The molecule has 0 aromatic carbocycles. The Kier molecular flexibility index (Phi) is 3.98. The van der Waals surface area contributed by atoms with Crippen LogP contribution in [0, 0.1) is 0 Å². The highest BCUT2D eigenvalue weighted by molar-refractivity contribution is 4.82. The van der Waals surface area contributed by atoms with Gasteiger partial charge in [-0.25, -0.2) is 0 Å². The summed E-state index contributed by atoms with van der Waals surface area (Å²) in [6, 6.07) is 0.884. The molecule has 1 fully saturated rings. The number of hydrogen-bond donors (Lipinski definition) is 3.